The predicted molar refractivity (Wildman–Crippen MR) is 95.6 cm³/mol. The van der Waals surface area contributed by atoms with Gasteiger partial charge in [0.15, 0.2) is 0 Å². The summed E-state index contributed by atoms with van der Waals surface area (Å²) in [5.74, 6) is 0.426. The van der Waals surface area contributed by atoms with Crippen molar-refractivity contribution >= 4 is 24.0 Å². The average molecular weight is 325 g/mol. The molecule has 0 aliphatic heterocycles. The van der Waals surface area contributed by atoms with Crippen molar-refractivity contribution in [3.05, 3.63) is 29.8 Å². The summed E-state index contributed by atoms with van der Waals surface area (Å²) < 4.78 is 0. The molecular formula is C18H29ClN2O. The van der Waals surface area contributed by atoms with Crippen molar-refractivity contribution in [1.29, 1.82) is 0 Å². The number of carbonyl (C=O) groups excluding carboxylic acids is 1. The maximum Gasteiger partial charge on any atom is 0.224 e. The average Bonchev–Trinajstić information content (AvgIpc) is 2.41. The van der Waals surface area contributed by atoms with E-state index in [0.717, 1.165) is 18.5 Å². The predicted octanol–water partition coefficient (Wildman–Crippen LogP) is 4.25. The van der Waals surface area contributed by atoms with Crippen molar-refractivity contribution in [3.8, 4) is 0 Å². The van der Waals surface area contributed by atoms with E-state index >= 15 is 0 Å². The molecule has 0 radical (unpaired) electrons. The minimum Gasteiger partial charge on any atom is -0.327 e. The van der Waals surface area contributed by atoms with Gasteiger partial charge in [0.25, 0.3) is 0 Å². The van der Waals surface area contributed by atoms with E-state index < -0.39 is 0 Å². The van der Waals surface area contributed by atoms with Crippen LogP contribution < -0.4 is 11.1 Å². The van der Waals surface area contributed by atoms with Crippen LogP contribution in [0.3, 0.4) is 0 Å². The van der Waals surface area contributed by atoms with Crippen LogP contribution >= 0.6 is 12.4 Å². The highest BCUT2D eigenvalue weighted by atomic mass is 35.5. The molecule has 1 fully saturated rings. The first-order valence-corrected chi connectivity index (χ1v) is 8.03. The lowest BCUT2D eigenvalue weighted by Gasteiger charge is -2.28. The van der Waals surface area contributed by atoms with Crippen LogP contribution in [0.4, 0.5) is 5.69 Å². The van der Waals surface area contributed by atoms with E-state index in [4.69, 9.17) is 5.73 Å². The van der Waals surface area contributed by atoms with Gasteiger partial charge >= 0.3 is 0 Å². The molecular weight excluding hydrogens is 296 g/mol. The fourth-order valence-electron chi connectivity index (χ4n) is 3.18. The van der Waals surface area contributed by atoms with E-state index in [-0.39, 0.29) is 29.8 Å². The molecule has 2 unspecified atom stereocenters. The number of benzene rings is 1. The van der Waals surface area contributed by atoms with E-state index in [1.165, 1.54) is 18.4 Å². The molecule has 2 rings (SSSR count). The Hall–Kier alpha value is -1.06. The standard InChI is InChI=1S/C18H28N2O.ClH/c1-18(2,3)14-9-5-7-11-16(14)20-17(21)12-13-8-4-6-10-15(13)19;/h5,7,9,11,13,15H,4,6,8,10,12,19H2,1-3H3,(H,20,21);1H. The molecule has 0 heterocycles. The summed E-state index contributed by atoms with van der Waals surface area (Å²) in [6, 6.07) is 8.24. The van der Waals surface area contributed by atoms with Gasteiger partial charge in [-0.15, -0.1) is 12.4 Å². The zero-order valence-electron chi connectivity index (χ0n) is 13.9. The highest BCUT2D eigenvalue weighted by Gasteiger charge is 2.25. The lowest BCUT2D eigenvalue weighted by atomic mass is 9.82. The summed E-state index contributed by atoms with van der Waals surface area (Å²) in [5, 5.41) is 3.09. The first-order chi connectivity index (χ1) is 9.88. The van der Waals surface area contributed by atoms with Crippen LogP contribution in [0.15, 0.2) is 24.3 Å². The normalized spacial score (nSPS) is 21.8. The summed E-state index contributed by atoms with van der Waals surface area (Å²) in [4.78, 5) is 12.3. The molecule has 4 heteroatoms. The minimum absolute atomic E-state index is 0. The number of hydrogen-bond donors (Lipinski definition) is 2. The summed E-state index contributed by atoms with van der Waals surface area (Å²) in [6.45, 7) is 6.49. The highest BCUT2D eigenvalue weighted by molar-refractivity contribution is 5.91. The molecule has 22 heavy (non-hydrogen) atoms. The second-order valence-electron chi connectivity index (χ2n) is 7.26. The molecule has 2 atom stereocenters. The second kappa shape index (κ2) is 7.98. The van der Waals surface area contributed by atoms with Gasteiger partial charge < -0.3 is 11.1 Å². The maximum atomic E-state index is 12.3. The number of halogens is 1. The fourth-order valence-corrected chi connectivity index (χ4v) is 3.18. The van der Waals surface area contributed by atoms with E-state index in [1.54, 1.807) is 0 Å². The number of hydrogen-bond acceptors (Lipinski definition) is 2. The van der Waals surface area contributed by atoms with Gasteiger partial charge in [0, 0.05) is 18.2 Å². The smallest absolute Gasteiger partial charge is 0.224 e. The maximum absolute atomic E-state index is 12.3. The van der Waals surface area contributed by atoms with Crippen LogP contribution in [0.1, 0.15) is 58.4 Å². The lowest BCUT2D eigenvalue weighted by Crippen LogP contribution is -2.35. The van der Waals surface area contributed by atoms with E-state index in [9.17, 15) is 4.79 Å². The number of anilines is 1. The van der Waals surface area contributed by atoms with E-state index in [0.29, 0.717) is 12.3 Å². The number of amides is 1. The Balaban J connectivity index is 0.00000242. The molecule has 0 spiro atoms. The summed E-state index contributed by atoms with van der Waals surface area (Å²) in [7, 11) is 0. The molecule has 3 nitrogen and oxygen atoms in total. The third-order valence-corrected chi connectivity index (χ3v) is 4.42. The van der Waals surface area contributed by atoms with Gasteiger partial charge in [-0.1, -0.05) is 51.8 Å². The van der Waals surface area contributed by atoms with Crippen LogP contribution in [-0.4, -0.2) is 11.9 Å². The van der Waals surface area contributed by atoms with Gasteiger partial charge in [-0.2, -0.15) is 0 Å². The second-order valence-corrected chi connectivity index (χ2v) is 7.26. The van der Waals surface area contributed by atoms with Gasteiger partial charge in [-0.05, 0) is 35.8 Å². The number of carbonyl (C=O) groups is 1. The largest absolute Gasteiger partial charge is 0.327 e. The number of para-hydroxylation sites is 1. The third kappa shape index (κ3) is 4.99. The van der Waals surface area contributed by atoms with Crippen molar-refractivity contribution in [2.45, 2.75) is 64.3 Å². The first-order valence-electron chi connectivity index (χ1n) is 8.03. The van der Waals surface area contributed by atoms with Gasteiger partial charge in [0.05, 0.1) is 0 Å². The van der Waals surface area contributed by atoms with Crippen LogP contribution in [0, 0.1) is 5.92 Å². The topological polar surface area (TPSA) is 55.1 Å². The van der Waals surface area contributed by atoms with Gasteiger partial charge in [-0.25, -0.2) is 0 Å². The van der Waals surface area contributed by atoms with Crippen LogP contribution in [-0.2, 0) is 10.2 Å². The van der Waals surface area contributed by atoms with Crippen molar-refractivity contribution in [3.63, 3.8) is 0 Å². The molecule has 1 aromatic rings. The van der Waals surface area contributed by atoms with Gasteiger partial charge in [-0.3, -0.25) is 4.79 Å². The highest BCUT2D eigenvalue weighted by Crippen LogP contribution is 2.30. The molecule has 1 aromatic carbocycles. The zero-order valence-corrected chi connectivity index (χ0v) is 14.7. The molecule has 1 aliphatic rings. The Morgan fingerprint density at radius 1 is 1.23 bits per heavy atom. The Morgan fingerprint density at radius 2 is 1.86 bits per heavy atom. The molecule has 0 aromatic heterocycles. The SMILES string of the molecule is CC(C)(C)c1ccccc1NC(=O)CC1CCCCC1N.Cl. The molecule has 0 bridgehead atoms. The number of nitrogens with one attached hydrogen (secondary N) is 1. The van der Waals surface area contributed by atoms with Crippen LogP contribution in [0.25, 0.3) is 0 Å². The third-order valence-electron chi connectivity index (χ3n) is 4.42. The molecule has 1 saturated carbocycles. The van der Waals surface area contributed by atoms with Crippen molar-refractivity contribution in [1.82, 2.24) is 0 Å². The quantitative estimate of drug-likeness (QED) is 0.873. The molecule has 124 valence electrons. The number of nitrogens with two attached hydrogens (primary N) is 1. The lowest BCUT2D eigenvalue weighted by molar-refractivity contribution is -0.117. The monoisotopic (exact) mass is 324 g/mol. The van der Waals surface area contributed by atoms with Crippen molar-refractivity contribution in [2.24, 2.45) is 11.7 Å². The minimum atomic E-state index is 0. The zero-order chi connectivity index (χ0) is 15.5. The Morgan fingerprint density at radius 3 is 2.50 bits per heavy atom. The Labute approximate surface area is 140 Å². The van der Waals surface area contributed by atoms with Crippen LogP contribution in [0.2, 0.25) is 0 Å². The summed E-state index contributed by atoms with van der Waals surface area (Å²) in [5.41, 5.74) is 8.26. The van der Waals surface area contributed by atoms with Crippen LogP contribution in [0.5, 0.6) is 0 Å². The number of rotatable bonds is 3. The molecule has 1 amide bonds. The first kappa shape index (κ1) is 19.0. The van der Waals surface area contributed by atoms with Crippen molar-refractivity contribution < 1.29 is 4.79 Å². The van der Waals surface area contributed by atoms with Gasteiger partial charge in [0.1, 0.15) is 0 Å². The molecule has 1 aliphatic carbocycles. The van der Waals surface area contributed by atoms with Crippen molar-refractivity contribution in [2.75, 3.05) is 5.32 Å². The van der Waals surface area contributed by atoms with E-state index in [1.807, 2.05) is 18.2 Å². The van der Waals surface area contributed by atoms with Gasteiger partial charge in [0.2, 0.25) is 5.91 Å². The van der Waals surface area contributed by atoms with E-state index in [2.05, 4.69) is 32.2 Å². The fraction of sp³-hybridized carbons (Fsp3) is 0.611. The molecule has 0 saturated heterocycles. The summed E-state index contributed by atoms with van der Waals surface area (Å²) in [6.07, 6.45) is 5.07. The summed E-state index contributed by atoms with van der Waals surface area (Å²) >= 11 is 0. The Bertz CT molecular complexity index is 496. The molecule has 3 N–H and O–H groups in total. The Kier molecular flexibility index (Phi) is 6.89.